The predicted molar refractivity (Wildman–Crippen MR) is 134 cm³/mol. The highest BCUT2D eigenvalue weighted by Gasteiger charge is 2.26. The van der Waals surface area contributed by atoms with Crippen molar-refractivity contribution in [2.24, 2.45) is 12.8 Å². The molecule has 2 heterocycles. The van der Waals surface area contributed by atoms with Crippen LogP contribution >= 0.6 is 0 Å². The second-order valence-electron chi connectivity index (χ2n) is 9.08. The zero-order valence-corrected chi connectivity index (χ0v) is 19.8. The van der Waals surface area contributed by atoms with Gasteiger partial charge in [-0.25, -0.2) is 13.1 Å². The van der Waals surface area contributed by atoms with E-state index < -0.39 is 10.0 Å². The Kier molecular flexibility index (Phi) is 5.93. The molecule has 0 spiro atoms. The Morgan fingerprint density at radius 2 is 1.85 bits per heavy atom. The molecular formula is C25H27N5O3S. The quantitative estimate of drug-likeness (QED) is 0.456. The van der Waals surface area contributed by atoms with Gasteiger partial charge in [-0.2, -0.15) is 5.10 Å². The summed E-state index contributed by atoms with van der Waals surface area (Å²) in [7, 11) is -1.77. The minimum absolute atomic E-state index is 0.166. The monoisotopic (exact) mass is 477 g/mol. The molecule has 1 aliphatic carbocycles. The van der Waals surface area contributed by atoms with E-state index in [1.807, 2.05) is 31.4 Å². The molecule has 0 saturated heterocycles. The molecular weight excluding hydrogens is 450 g/mol. The lowest BCUT2D eigenvalue weighted by atomic mass is 9.92. The van der Waals surface area contributed by atoms with Crippen molar-refractivity contribution in [1.29, 1.82) is 0 Å². The Hall–Kier alpha value is -3.14. The molecule has 3 N–H and O–H groups in total. The normalized spacial score (nSPS) is 19.0. The Balaban J connectivity index is 1.53. The number of aromatic nitrogens is 3. The van der Waals surface area contributed by atoms with Crippen LogP contribution in [-0.4, -0.2) is 35.3 Å². The van der Waals surface area contributed by atoms with Crippen LogP contribution in [0, 0.1) is 0 Å². The number of nitrogens with two attached hydrogens (primary N) is 1. The fourth-order valence-electron chi connectivity index (χ4n) is 4.66. The highest BCUT2D eigenvalue weighted by atomic mass is 32.2. The summed E-state index contributed by atoms with van der Waals surface area (Å²) in [4.78, 5) is 18.0. The van der Waals surface area contributed by atoms with E-state index in [0.29, 0.717) is 21.9 Å². The molecule has 4 aromatic rings. The van der Waals surface area contributed by atoms with Gasteiger partial charge in [0.05, 0.1) is 17.5 Å². The lowest BCUT2D eigenvalue weighted by molar-refractivity contribution is 0.361. The number of benzene rings is 1. The maximum absolute atomic E-state index is 13.5. The van der Waals surface area contributed by atoms with Crippen molar-refractivity contribution >= 4 is 31.7 Å². The molecule has 2 aromatic carbocycles. The maximum Gasteiger partial charge on any atom is 0.216 e. The van der Waals surface area contributed by atoms with E-state index in [1.165, 1.54) is 0 Å². The SMILES string of the molecule is Cn1cc(-c2cnc3ccc4ccc(CS(=O)(=O)N[C@@H]5CCCC[C@H]5N)cc4c(=O)c3c2)cn1. The van der Waals surface area contributed by atoms with Gasteiger partial charge in [0, 0.05) is 53.4 Å². The summed E-state index contributed by atoms with van der Waals surface area (Å²) in [5.41, 5.74) is 8.73. The van der Waals surface area contributed by atoms with Gasteiger partial charge in [-0.05, 0) is 42.0 Å². The van der Waals surface area contributed by atoms with Crippen molar-refractivity contribution in [1.82, 2.24) is 19.5 Å². The number of sulfonamides is 1. The average molecular weight is 478 g/mol. The van der Waals surface area contributed by atoms with Gasteiger partial charge < -0.3 is 5.73 Å². The van der Waals surface area contributed by atoms with E-state index in [0.717, 1.165) is 42.2 Å². The molecule has 0 amide bonds. The van der Waals surface area contributed by atoms with Gasteiger partial charge in [-0.1, -0.05) is 31.0 Å². The van der Waals surface area contributed by atoms with Crippen molar-refractivity contribution in [3.8, 4) is 11.1 Å². The molecule has 34 heavy (non-hydrogen) atoms. The van der Waals surface area contributed by atoms with E-state index in [4.69, 9.17) is 5.73 Å². The number of aryl methyl sites for hydroxylation is 1. The van der Waals surface area contributed by atoms with Crippen molar-refractivity contribution in [2.45, 2.75) is 43.5 Å². The van der Waals surface area contributed by atoms with Gasteiger partial charge in [-0.3, -0.25) is 14.5 Å². The Bertz CT molecular complexity index is 1550. The van der Waals surface area contributed by atoms with Crippen LogP contribution in [-0.2, 0) is 22.8 Å². The highest BCUT2D eigenvalue weighted by Crippen LogP contribution is 2.23. The first-order chi connectivity index (χ1) is 16.3. The van der Waals surface area contributed by atoms with Gasteiger partial charge in [0.1, 0.15) is 0 Å². The second-order valence-corrected chi connectivity index (χ2v) is 10.8. The number of nitrogens with zero attached hydrogens (tertiary/aromatic N) is 3. The Labute approximate surface area is 197 Å². The first-order valence-electron chi connectivity index (χ1n) is 11.4. The summed E-state index contributed by atoms with van der Waals surface area (Å²) >= 11 is 0. The molecule has 0 bridgehead atoms. The molecule has 9 heteroatoms. The lowest BCUT2D eigenvalue weighted by Crippen LogP contribution is -2.49. The maximum atomic E-state index is 13.5. The van der Waals surface area contributed by atoms with Crippen LogP contribution in [0.4, 0.5) is 0 Å². The van der Waals surface area contributed by atoms with E-state index in [-0.39, 0.29) is 23.3 Å². The highest BCUT2D eigenvalue weighted by molar-refractivity contribution is 7.88. The number of hydrogen-bond acceptors (Lipinski definition) is 6. The molecule has 5 rings (SSSR count). The summed E-state index contributed by atoms with van der Waals surface area (Å²) in [6.45, 7) is 0. The third kappa shape index (κ3) is 4.59. The number of pyridine rings is 1. The van der Waals surface area contributed by atoms with Gasteiger partial charge in [0.2, 0.25) is 10.0 Å². The molecule has 1 aliphatic rings. The van der Waals surface area contributed by atoms with Crippen molar-refractivity contribution in [3.63, 3.8) is 0 Å². The molecule has 1 fully saturated rings. The van der Waals surface area contributed by atoms with Crippen molar-refractivity contribution in [2.75, 3.05) is 0 Å². The first kappa shape index (κ1) is 22.6. The van der Waals surface area contributed by atoms with E-state index in [1.54, 1.807) is 35.3 Å². The molecule has 0 radical (unpaired) electrons. The molecule has 8 nitrogen and oxygen atoms in total. The number of rotatable bonds is 5. The first-order valence-corrected chi connectivity index (χ1v) is 13.0. The Morgan fingerprint density at radius 3 is 2.62 bits per heavy atom. The summed E-state index contributed by atoms with van der Waals surface area (Å²) in [5.74, 6) is -0.207. The smallest absolute Gasteiger partial charge is 0.216 e. The summed E-state index contributed by atoms with van der Waals surface area (Å²) < 4.78 is 30.2. The molecule has 0 aliphatic heterocycles. The van der Waals surface area contributed by atoms with E-state index in [2.05, 4.69) is 14.8 Å². The van der Waals surface area contributed by atoms with E-state index >= 15 is 0 Å². The van der Waals surface area contributed by atoms with Crippen LogP contribution < -0.4 is 15.9 Å². The fourth-order valence-corrected chi connectivity index (χ4v) is 6.12. The fraction of sp³-hybridized carbons (Fsp3) is 0.320. The van der Waals surface area contributed by atoms with Gasteiger partial charge in [-0.15, -0.1) is 0 Å². The van der Waals surface area contributed by atoms with E-state index in [9.17, 15) is 13.2 Å². The summed E-state index contributed by atoms with van der Waals surface area (Å²) in [5, 5.41) is 5.86. The Morgan fingerprint density at radius 1 is 1.06 bits per heavy atom. The van der Waals surface area contributed by atoms with Crippen molar-refractivity contribution < 1.29 is 8.42 Å². The minimum atomic E-state index is -3.60. The second kappa shape index (κ2) is 8.90. The van der Waals surface area contributed by atoms with Gasteiger partial charge in [0.15, 0.2) is 5.43 Å². The largest absolute Gasteiger partial charge is 0.326 e. The third-order valence-electron chi connectivity index (χ3n) is 6.49. The van der Waals surface area contributed by atoms with Crippen molar-refractivity contribution in [3.05, 3.63) is 70.8 Å². The molecule has 0 unspecified atom stereocenters. The minimum Gasteiger partial charge on any atom is -0.326 e. The number of nitrogens with one attached hydrogen (secondary N) is 1. The van der Waals surface area contributed by atoms with Gasteiger partial charge >= 0.3 is 0 Å². The van der Waals surface area contributed by atoms with Crippen LogP contribution in [0.15, 0.2) is 59.8 Å². The van der Waals surface area contributed by atoms with Gasteiger partial charge in [0.25, 0.3) is 0 Å². The predicted octanol–water partition coefficient (Wildman–Crippen LogP) is 2.84. The van der Waals surface area contributed by atoms with Crippen LogP contribution in [0.1, 0.15) is 31.2 Å². The average Bonchev–Trinajstić information content (AvgIpc) is 3.19. The molecule has 176 valence electrons. The zero-order chi connectivity index (χ0) is 23.9. The zero-order valence-electron chi connectivity index (χ0n) is 18.9. The third-order valence-corrected chi connectivity index (χ3v) is 7.87. The summed E-state index contributed by atoms with van der Waals surface area (Å²) in [6, 6.07) is 10.3. The lowest BCUT2D eigenvalue weighted by Gasteiger charge is -2.29. The number of fused-ring (bicyclic) bond motifs is 2. The molecule has 2 atom stereocenters. The van der Waals surface area contributed by atoms with Crippen LogP contribution in [0.5, 0.6) is 0 Å². The van der Waals surface area contributed by atoms with Crippen LogP contribution in [0.25, 0.3) is 32.8 Å². The molecule has 2 aromatic heterocycles. The number of hydrogen-bond donors (Lipinski definition) is 2. The summed E-state index contributed by atoms with van der Waals surface area (Å²) in [6.07, 6.45) is 8.88. The topological polar surface area (TPSA) is 120 Å². The molecule has 1 saturated carbocycles. The van der Waals surface area contributed by atoms with Crippen LogP contribution in [0.3, 0.4) is 0 Å². The standard InChI is InChI=1S/C25H27N5O3S/c1-30-14-19(13-28-30)18-11-21-23(27-12-18)9-8-17-7-6-16(10-20(17)25(21)31)15-34(32,33)29-24-5-3-2-4-22(24)26/h6-14,22,24,29H,2-5,15,26H2,1H3/t22-,24-/m1/s1. The van der Waals surface area contributed by atoms with Crippen LogP contribution in [0.2, 0.25) is 0 Å².